The maximum Gasteiger partial charge on any atom is 0.471 e. The summed E-state index contributed by atoms with van der Waals surface area (Å²) in [6.07, 6.45) is -5.69. The summed E-state index contributed by atoms with van der Waals surface area (Å²) in [5, 5.41) is 8.43. The molecule has 0 saturated carbocycles. The normalized spacial score (nSPS) is 11.6. The van der Waals surface area contributed by atoms with Gasteiger partial charge in [0, 0.05) is 6.54 Å². The Morgan fingerprint density at radius 1 is 1.29 bits per heavy atom. The van der Waals surface area contributed by atoms with E-state index in [1.165, 1.54) is 0 Å². The zero-order valence-corrected chi connectivity index (χ0v) is 11.2. The van der Waals surface area contributed by atoms with Crippen molar-refractivity contribution in [3.8, 4) is 0 Å². The van der Waals surface area contributed by atoms with Gasteiger partial charge in [-0.3, -0.25) is 14.5 Å². The Bertz CT molecular complexity index is 651. The Labute approximate surface area is 120 Å². The molecule has 9 heteroatoms. The van der Waals surface area contributed by atoms with Crippen molar-refractivity contribution in [2.24, 2.45) is 0 Å². The molecule has 0 unspecified atom stereocenters. The fourth-order valence-corrected chi connectivity index (χ4v) is 2.61. The van der Waals surface area contributed by atoms with Crippen LogP contribution in [0.1, 0.15) is 6.42 Å². The number of benzene rings is 1. The lowest BCUT2D eigenvalue weighted by molar-refractivity contribution is -0.170. The highest BCUT2D eigenvalue weighted by atomic mass is 32.1. The first kappa shape index (κ1) is 15.2. The van der Waals surface area contributed by atoms with Gasteiger partial charge in [0.1, 0.15) is 0 Å². The smallest absolute Gasteiger partial charge is 0.471 e. The molecule has 1 amide bonds. The number of carbonyl (C=O) groups excluding carboxylic acids is 1. The van der Waals surface area contributed by atoms with E-state index in [4.69, 9.17) is 5.11 Å². The number of anilines is 1. The van der Waals surface area contributed by atoms with Gasteiger partial charge in [-0.1, -0.05) is 23.5 Å². The zero-order valence-electron chi connectivity index (χ0n) is 10.4. The average Bonchev–Trinajstić information content (AvgIpc) is 2.80. The fourth-order valence-electron chi connectivity index (χ4n) is 1.62. The monoisotopic (exact) mass is 318 g/mol. The summed E-state index contributed by atoms with van der Waals surface area (Å²) in [6, 6.07) is 6.61. The van der Waals surface area contributed by atoms with Crippen molar-refractivity contribution in [3.05, 3.63) is 24.3 Å². The van der Waals surface area contributed by atoms with Crippen molar-refractivity contribution in [1.82, 2.24) is 4.98 Å². The summed E-state index contributed by atoms with van der Waals surface area (Å²) in [6.45, 7) is -0.590. The van der Waals surface area contributed by atoms with Gasteiger partial charge in [-0.2, -0.15) is 13.2 Å². The predicted octanol–water partition coefficient (Wildman–Crippen LogP) is 2.67. The summed E-state index contributed by atoms with van der Waals surface area (Å²) < 4.78 is 38.4. The highest BCUT2D eigenvalue weighted by Gasteiger charge is 2.44. The predicted molar refractivity (Wildman–Crippen MR) is 70.3 cm³/mol. The number of carbonyl (C=O) groups is 2. The molecule has 0 aliphatic carbocycles. The third-order valence-corrected chi connectivity index (χ3v) is 3.61. The van der Waals surface area contributed by atoms with Crippen LogP contribution >= 0.6 is 11.3 Å². The molecule has 21 heavy (non-hydrogen) atoms. The van der Waals surface area contributed by atoms with Gasteiger partial charge in [0.05, 0.1) is 16.6 Å². The Balaban J connectivity index is 2.38. The van der Waals surface area contributed by atoms with E-state index in [2.05, 4.69) is 4.98 Å². The van der Waals surface area contributed by atoms with Crippen LogP contribution in [0.15, 0.2) is 24.3 Å². The highest BCUT2D eigenvalue weighted by Crippen LogP contribution is 2.31. The minimum atomic E-state index is -5.09. The molecular weight excluding hydrogens is 309 g/mol. The summed E-state index contributed by atoms with van der Waals surface area (Å²) in [7, 11) is 0. The van der Waals surface area contributed by atoms with Gasteiger partial charge in [-0.25, -0.2) is 4.98 Å². The number of rotatable bonds is 4. The van der Waals surface area contributed by atoms with Crippen molar-refractivity contribution in [1.29, 1.82) is 0 Å². The number of halogens is 3. The molecule has 0 bridgehead atoms. The Morgan fingerprint density at radius 3 is 2.52 bits per heavy atom. The molecule has 0 fully saturated rings. The molecule has 0 spiro atoms. The number of para-hydroxylation sites is 1. The van der Waals surface area contributed by atoms with Gasteiger partial charge in [0.15, 0.2) is 5.13 Å². The van der Waals surface area contributed by atoms with E-state index >= 15 is 0 Å². The van der Waals surface area contributed by atoms with Gasteiger partial charge in [0.2, 0.25) is 0 Å². The minimum absolute atomic E-state index is 0.167. The number of alkyl halides is 3. The molecule has 2 aromatic rings. The maximum atomic E-state index is 12.6. The molecular formula is C12H9F3N2O3S. The van der Waals surface area contributed by atoms with E-state index in [-0.39, 0.29) is 5.13 Å². The average molecular weight is 318 g/mol. The van der Waals surface area contributed by atoms with E-state index in [1.54, 1.807) is 24.3 Å². The van der Waals surface area contributed by atoms with Gasteiger partial charge in [0.25, 0.3) is 0 Å². The topological polar surface area (TPSA) is 70.5 Å². The summed E-state index contributed by atoms with van der Waals surface area (Å²) in [5.41, 5.74) is 0.452. The van der Waals surface area contributed by atoms with Crippen LogP contribution < -0.4 is 4.90 Å². The number of nitrogens with zero attached hydrogens (tertiary/aromatic N) is 2. The van der Waals surface area contributed by atoms with Crippen molar-refractivity contribution in [2.45, 2.75) is 12.6 Å². The summed E-state index contributed by atoms with van der Waals surface area (Å²) in [5.74, 6) is -3.42. The molecule has 112 valence electrons. The summed E-state index contributed by atoms with van der Waals surface area (Å²) >= 11 is 0.903. The Morgan fingerprint density at radius 2 is 1.95 bits per heavy atom. The maximum absolute atomic E-state index is 12.6. The molecule has 1 aromatic heterocycles. The van der Waals surface area contributed by atoms with Crippen LogP contribution in [0.25, 0.3) is 10.2 Å². The molecule has 2 rings (SSSR count). The largest absolute Gasteiger partial charge is 0.481 e. The lowest BCUT2D eigenvalue weighted by Crippen LogP contribution is -2.42. The third-order valence-electron chi connectivity index (χ3n) is 2.55. The number of amides is 1. The van der Waals surface area contributed by atoms with Crippen molar-refractivity contribution >= 4 is 38.6 Å². The lowest BCUT2D eigenvalue weighted by atomic mass is 10.3. The zero-order chi connectivity index (χ0) is 15.6. The van der Waals surface area contributed by atoms with Gasteiger partial charge >= 0.3 is 18.1 Å². The van der Waals surface area contributed by atoms with E-state index < -0.39 is 31.0 Å². The standard InChI is InChI=1S/C12H9F3N2O3S/c13-12(14,15)10(20)17(6-5-9(18)19)11-16-7-3-1-2-4-8(7)21-11/h1-4H,5-6H2,(H,18,19). The molecule has 1 aromatic carbocycles. The van der Waals surface area contributed by atoms with Crippen LogP contribution in [0.2, 0.25) is 0 Å². The van der Waals surface area contributed by atoms with Gasteiger partial charge in [-0.05, 0) is 12.1 Å². The van der Waals surface area contributed by atoms with Crippen LogP contribution in [0, 0.1) is 0 Å². The third kappa shape index (κ3) is 3.48. The number of carboxylic acid groups (broad SMARTS) is 1. The number of aromatic nitrogens is 1. The van der Waals surface area contributed by atoms with Crippen molar-refractivity contribution < 1.29 is 27.9 Å². The van der Waals surface area contributed by atoms with Gasteiger partial charge < -0.3 is 5.11 Å². The second kappa shape index (κ2) is 5.68. The Kier molecular flexibility index (Phi) is 4.12. The molecule has 5 nitrogen and oxygen atoms in total. The lowest BCUT2D eigenvalue weighted by Gasteiger charge is -2.20. The van der Waals surface area contributed by atoms with E-state index in [9.17, 15) is 22.8 Å². The van der Waals surface area contributed by atoms with Crippen LogP contribution in [-0.4, -0.2) is 34.7 Å². The van der Waals surface area contributed by atoms with E-state index in [1.807, 2.05) is 0 Å². The number of hydrogen-bond acceptors (Lipinski definition) is 4. The minimum Gasteiger partial charge on any atom is -0.481 e. The first-order valence-electron chi connectivity index (χ1n) is 5.75. The van der Waals surface area contributed by atoms with E-state index in [0.717, 1.165) is 11.3 Å². The Hall–Kier alpha value is -2.16. The molecule has 0 atom stereocenters. The second-order valence-electron chi connectivity index (χ2n) is 4.06. The SMILES string of the molecule is O=C(O)CCN(C(=O)C(F)(F)F)c1nc2ccccc2s1. The molecule has 0 aliphatic rings. The van der Waals surface area contributed by atoms with Crippen molar-refractivity contribution in [2.75, 3.05) is 11.4 Å². The first-order chi connectivity index (χ1) is 9.79. The number of aliphatic carboxylic acids is 1. The fraction of sp³-hybridized carbons (Fsp3) is 0.250. The number of hydrogen-bond donors (Lipinski definition) is 1. The van der Waals surface area contributed by atoms with E-state index in [0.29, 0.717) is 15.1 Å². The second-order valence-corrected chi connectivity index (χ2v) is 5.07. The van der Waals surface area contributed by atoms with Gasteiger partial charge in [-0.15, -0.1) is 0 Å². The molecule has 1 heterocycles. The number of carboxylic acids is 1. The van der Waals surface area contributed by atoms with Crippen LogP contribution in [0.5, 0.6) is 0 Å². The van der Waals surface area contributed by atoms with Crippen LogP contribution in [0.3, 0.4) is 0 Å². The molecule has 1 N–H and O–H groups in total. The number of thiazole rings is 1. The first-order valence-corrected chi connectivity index (χ1v) is 6.57. The highest BCUT2D eigenvalue weighted by molar-refractivity contribution is 7.22. The number of fused-ring (bicyclic) bond motifs is 1. The molecule has 0 radical (unpaired) electrons. The van der Waals surface area contributed by atoms with Crippen LogP contribution in [-0.2, 0) is 9.59 Å². The van der Waals surface area contributed by atoms with Crippen molar-refractivity contribution in [3.63, 3.8) is 0 Å². The summed E-state index contributed by atoms with van der Waals surface area (Å²) in [4.78, 5) is 26.3. The quantitative estimate of drug-likeness (QED) is 0.941. The molecule has 0 aliphatic heterocycles. The molecule has 0 saturated heterocycles. The van der Waals surface area contributed by atoms with Crippen LogP contribution in [0.4, 0.5) is 18.3 Å².